The van der Waals surface area contributed by atoms with Gasteiger partial charge in [0, 0.05) is 29.7 Å². The zero-order valence-corrected chi connectivity index (χ0v) is 14.1. The predicted molar refractivity (Wildman–Crippen MR) is 95.9 cm³/mol. The van der Waals surface area contributed by atoms with Gasteiger partial charge in [0.05, 0.1) is 0 Å². The molecule has 130 valence electrons. The molecule has 0 saturated carbocycles. The number of nitrogens with one attached hydrogen (secondary N) is 1. The highest BCUT2D eigenvalue weighted by molar-refractivity contribution is 7.89. The van der Waals surface area contributed by atoms with E-state index in [4.69, 9.17) is 5.14 Å². The Balaban J connectivity index is 1.89. The van der Waals surface area contributed by atoms with Crippen molar-refractivity contribution in [3.63, 3.8) is 0 Å². The van der Waals surface area contributed by atoms with Crippen LogP contribution in [-0.2, 0) is 10.0 Å². The van der Waals surface area contributed by atoms with Crippen LogP contribution in [0.4, 0.5) is 0 Å². The molecule has 3 heterocycles. The summed E-state index contributed by atoms with van der Waals surface area (Å²) in [5.74, 6) is 0.190. The van der Waals surface area contributed by atoms with Crippen LogP contribution in [0.25, 0.3) is 28.0 Å². The lowest BCUT2D eigenvalue weighted by atomic mass is 10.1. The lowest BCUT2D eigenvalue weighted by Crippen LogP contribution is -2.15. The third-order valence-corrected chi connectivity index (χ3v) is 4.80. The standard InChI is InChI=1S/C17H13N5O3S/c18-26(24,25)13-8-12(9-19-10-13)16-20-17(23)15-14(6-7-22(15)21-16)11-4-2-1-3-5-11/h1-10H,(H2,18,24,25)(H,20,21,23). The average molecular weight is 367 g/mol. The first kappa shape index (κ1) is 16.2. The molecule has 0 atom stereocenters. The summed E-state index contributed by atoms with van der Waals surface area (Å²) in [6, 6.07) is 12.6. The Bertz CT molecular complexity index is 1280. The molecule has 4 aromatic rings. The lowest BCUT2D eigenvalue weighted by Gasteiger charge is -2.05. The number of hydrogen-bond acceptors (Lipinski definition) is 5. The van der Waals surface area contributed by atoms with E-state index in [2.05, 4.69) is 15.1 Å². The first-order valence-corrected chi connectivity index (χ1v) is 9.13. The highest BCUT2D eigenvalue weighted by atomic mass is 32.2. The molecule has 0 aliphatic heterocycles. The number of hydrogen-bond donors (Lipinski definition) is 2. The van der Waals surface area contributed by atoms with Crippen LogP contribution < -0.4 is 10.7 Å². The molecule has 0 aliphatic carbocycles. The van der Waals surface area contributed by atoms with Gasteiger partial charge in [0.15, 0.2) is 5.82 Å². The van der Waals surface area contributed by atoms with Crippen molar-refractivity contribution in [2.75, 3.05) is 0 Å². The number of rotatable bonds is 3. The van der Waals surface area contributed by atoms with Crippen LogP contribution in [0.1, 0.15) is 0 Å². The Morgan fingerprint density at radius 2 is 1.81 bits per heavy atom. The summed E-state index contributed by atoms with van der Waals surface area (Å²) in [5.41, 5.74) is 2.04. The van der Waals surface area contributed by atoms with Crippen LogP contribution in [0.2, 0.25) is 0 Å². The van der Waals surface area contributed by atoms with Gasteiger partial charge in [0.2, 0.25) is 10.0 Å². The van der Waals surface area contributed by atoms with Crippen LogP contribution in [0, 0.1) is 0 Å². The summed E-state index contributed by atoms with van der Waals surface area (Å²) in [6.45, 7) is 0. The van der Waals surface area contributed by atoms with Crippen molar-refractivity contribution in [1.82, 2.24) is 19.6 Å². The van der Waals surface area contributed by atoms with E-state index in [0.29, 0.717) is 11.1 Å². The minimum atomic E-state index is -3.91. The second-order valence-corrected chi connectivity index (χ2v) is 7.21. The number of benzene rings is 1. The minimum Gasteiger partial charge on any atom is -0.303 e. The topological polar surface area (TPSA) is 123 Å². The summed E-state index contributed by atoms with van der Waals surface area (Å²) < 4.78 is 24.5. The molecule has 0 fully saturated rings. The molecule has 0 unspecified atom stereocenters. The molecule has 0 aliphatic rings. The monoisotopic (exact) mass is 367 g/mol. The van der Waals surface area contributed by atoms with Crippen LogP contribution in [0.15, 0.2) is 70.7 Å². The maximum absolute atomic E-state index is 12.6. The normalized spacial score (nSPS) is 11.7. The van der Waals surface area contributed by atoms with E-state index < -0.39 is 10.0 Å². The van der Waals surface area contributed by atoms with Crippen molar-refractivity contribution in [2.24, 2.45) is 5.14 Å². The molecular formula is C17H13N5O3S. The summed E-state index contributed by atoms with van der Waals surface area (Å²) >= 11 is 0. The average Bonchev–Trinajstić information content (AvgIpc) is 3.06. The second-order valence-electron chi connectivity index (χ2n) is 5.65. The summed E-state index contributed by atoms with van der Waals surface area (Å²) in [4.78, 5) is 19.0. The third kappa shape index (κ3) is 2.79. The highest BCUT2D eigenvalue weighted by Crippen LogP contribution is 2.24. The molecule has 0 spiro atoms. The van der Waals surface area contributed by atoms with Gasteiger partial charge in [0.25, 0.3) is 5.56 Å². The first-order chi connectivity index (χ1) is 12.4. The molecular weight excluding hydrogens is 354 g/mol. The van der Waals surface area contributed by atoms with Gasteiger partial charge in [-0.1, -0.05) is 30.3 Å². The third-order valence-electron chi connectivity index (χ3n) is 3.92. The number of nitrogens with two attached hydrogens (primary N) is 1. The van der Waals surface area contributed by atoms with Crippen LogP contribution in [0.5, 0.6) is 0 Å². The quantitative estimate of drug-likeness (QED) is 0.566. The SMILES string of the molecule is NS(=O)(=O)c1cncc(-c2nn3ccc(-c4ccccc4)c3c(=O)[nH]2)c1. The molecule has 0 amide bonds. The van der Waals surface area contributed by atoms with Crippen molar-refractivity contribution in [3.8, 4) is 22.5 Å². The van der Waals surface area contributed by atoms with Crippen molar-refractivity contribution >= 4 is 15.5 Å². The number of aromatic amines is 1. The molecule has 3 aromatic heterocycles. The fraction of sp³-hybridized carbons (Fsp3) is 0. The molecule has 0 saturated heterocycles. The number of pyridine rings is 1. The Hall–Kier alpha value is -3.30. The molecule has 26 heavy (non-hydrogen) atoms. The number of H-pyrrole nitrogens is 1. The fourth-order valence-corrected chi connectivity index (χ4v) is 3.21. The van der Waals surface area contributed by atoms with E-state index in [1.54, 1.807) is 12.3 Å². The fourth-order valence-electron chi connectivity index (χ4n) is 2.72. The Morgan fingerprint density at radius 3 is 2.54 bits per heavy atom. The van der Waals surface area contributed by atoms with Gasteiger partial charge >= 0.3 is 0 Å². The molecule has 9 heteroatoms. The van der Waals surface area contributed by atoms with Crippen LogP contribution in [0.3, 0.4) is 0 Å². The summed E-state index contributed by atoms with van der Waals surface area (Å²) in [7, 11) is -3.91. The zero-order chi connectivity index (χ0) is 18.3. The van der Waals surface area contributed by atoms with Gasteiger partial charge in [-0.15, -0.1) is 5.10 Å². The molecule has 0 bridgehead atoms. The lowest BCUT2D eigenvalue weighted by molar-refractivity contribution is 0.597. The van der Waals surface area contributed by atoms with Gasteiger partial charge in [-0.25, -0.2) is 18.1 Å². The van der Waals surface area contributed by atoms with E-state index in [1.165, 1.54) is 16.8 Å². The van der Waals surface area contributed by atoms with Gasteiger partial charge in [-0.2, -0.15) is 0 Å². The molecule has 0 radical (unpaired) electrons. The van der Waals surface area contributed by atoms with Crippen molar-refractivity contribution in [2.45, 2.75) is 4.90 Å². The van der Waals surface area contributed by atoms with Gasteiger partial charge in [0.1, 0.15) is 10.4 Å². The molecule has 8 nitrogen and oxygen atoms in total. The van der Waals surface area contributed by atoms with E-state index in [0.717, 1.165) is 17.3 Å². The van der Waals surface area contributed by atoms with Crippen LogP contribution in [-0.4, -0.2) is 28.0 Å². The number of fused-ring (bicyclic) bond motifs is 1. The molecule has 4 rings (SSSR count). The van der Waals surface area contributed by atoms with Gasteiger partial charge < -0.3 is 4.98 Å². The van der Waals surface area contributed by atoms with Crippen molar-refractivity contribution in [1.29, 1.82) is 0 Å². The van der Waals surface area contributed by atoms with Crippen LogP contribution >= 0.6 is 0 Å². The smallest absolute Gasteiger partial charge is 0.276 e. The van der Waals surface area contributed by atoms with E-state index in [1.807, 2.05) is 30.3 Å². The largest absolute Gasteiger partial charge is 0.303 e. The minimum absolute atomic E-state index is 0.157. The molecule has 3 N–H and O–H groups in total. The van der Waals surface area contributed by atoms with Crippen molar-refractivity contribution in [3.05, 3.63) is 71.4 Å². The van der Waals surface area contributed by atoms with E-state index in [9.17, 15) is 13.2 Å². The number of nitrogens with zero attached hydrogens (tertiary/aromatic N) is 3. The summed E-state index contributed by atoms with van der Waals surface area (Å²) in [5, 5.41) is 9.49. The first-order valence-electron chi connectivity index (χ1n) is 7.59. The Labute approximate surface area is 148 Å². The van der Waals surface area contributed by atoms with Crippen molar-refractivity contribution < 1.29 is 8.42 Å². The number of primary sulfonamides is 1. The maximum atomic E-state index is 12.6. The van der Waals surface area contributed by atoms with Gasteiger partial charge in [-0.3, -0.25) is 9.78 Å². The van der Waals surface area contributed by atoms with E-state index >= 15 is 0 Å². The predicted octanol–water partition coefficient (Wildman–Crippen LogP) is 1.40. The zero-order valence-electron chi connectivity index (χ0n) is 13.3. The maximum Gasteiger partial charge on any atom is 0.276 e. The molecule has 1 aromatic carbocycles. The summed E-state index contributed by atoms with van der Waals surface area (Å²) in [6.07, 6.45) is 4.21. The Kier molecular flexibility index (Phi) is 3.67. The van der Waals surface area contributed by atoms with E-state index in [-0.39, 0.29) is 16.3 Å². The number of sulfonamides is 1. The van der Waals surface area contributed by atoms with Gasteiger partial charge in [-0.05, 0) is 17.7 Å². The highest BCUT2D eigenvalue weighted by Gasteiger charge is 2.14. The number of aromatic nitrogens is 4. The Morgan fingerprint density at radius 1 is 1.04 bits per heavy atom. The second kappa shape index (κ2) is 5.90.